The lowest BCUT2D eigenvalue weighted by molar-refractivity contribution is -0.193. The van der Waals surface area contributed by atoms with Crippen LogP contribution in [0.4, 0.5) is 4.79 Å². The van der Waals surface area contributed by atoms with Crippen LogP contribution in [-0.4, -0.2) is 48.1 Å². The summed E-state index contributed by atoms with van der Waals surface area (Å²) in [5.74, 6) is -0.925. The van der Waals surface area contributed by atoms with Crippen LogP contribution in [0.5, 0.6) is 0 Å². The second-order valence-corrected chi connectivity index (χ2v) is 11.3. The molecule has 3 amide bonds. The number of cyclic esters (lactones) is 1. The first kappa shape index (κ1) is 30.1. The van der Waals surface area contributed by atoms with Crippen LogP contribution < -0.4 is 16.0 Å². The van der Waals surface area contributed by atoms with Gasteiger partial charge >= 0.3 is 12.1 Å². The van der Waals surface area contributed by atoms with Crippen molar-refractivity contribution in [2.24, 2.45) is 17.8 Å². The lowest BCUT2D eigenvalue weighted by Gasteiger charge is -2.37. The van der Waals surface area contributed by atoms with E-state index in [1.54, 1.807) is 6.92 Å². The Kier molecular flexibility index (Phi) is 10.4. The Bertz CT molecular complexity index is 1190. The fraction of sp³-hybridized carbons (Fsp3) is 0.500. The highest BCUT2D eigenvalue weighted by molar-refractivity contribution is 5.94. The molecule has 1 aliphatic carbocycles. The molecule has 41 heavy (non-hydrogen) atoms. The molecule has 0 spiro atoms. The molecule has 9 nitrogen and oxygen atoms in total. The van der Waals surface area contributed by atoms with Gasteiger partial charge in [-0.2, -0.15) is 0 Å². The van der Waals surface area contributed by atoms with E-state index in [1.807, 2.05) is 62.4 Å². The summed E-state index contributed by atoms with van der Waals surface area (Å²) >= 11 is 0. The molecular formula is C32H41N3O6. The normalized spacial score (nSPS) is 23.1. The number of carbonyl (C=O) groups excluding carboxylic acids is 4. The zero-order valence-corrected chi connectivity index (χ0v) is 24.0. The molecule has 2 aliphatic rings. The summed E-state index contributed by atoms with van der Waals surface area (Å²) in [7, 11) is 0. The molecule has 1 saturated carbocycles. The Morgan fingerprint density at radius 1 is 0.976 bits per heavy atom. The molecule has 0 bridgehead atoms. The number of rotatable bonds is 14. The Labute approximate surface area is 241 Å². The van der Waals surface area contributed by atoms with E-state index in [2.05, 4.69) is 28.1 Å². The quantitative estimate of drug-likeness (QED) is 0.300. The van der Waals surface area contributed by atoms with Crippen molar-refractivity contribution >= 4 is 23.9 Å². The third-order valence-electron chi connectivity index (χ3n) is 8.11. The Hall–Kier alpha value is -3.88. The van der Waals surface area contributed by atoms with Crippen LogP contribution in [0.1, 0.15) is 57.6 Å². The van der Waals surface area contributed by atoms with E-state index in [0.717, 1.165) is 24.8 Å². The van der Waals surface area contributed by atoms with Gasteiger partial charge in [-0.05, 0) is 55.6 Å². The van der Waals surface area contributed by atoms with Crippen LogP contribution in [0.3, 0.4) is 0 Å². The average Bonchev–Trinajstić information content (AvgIpc) is 3.70. The summed E-state index contributed by atoms with van der Waals surface area (Å²) in [6, 6.07) is 18.4. The Morgan fingerprint density at radius 3 is 2.27 bits per heavy atom. The molecule has 2 aromatic rings. The number of amides is 3. The van der Waals surface area contributed by atoms with Crippen LogP contribution in [0.15, 0.2) is 60.7 Å². The predicted octanol–water partition coefficient (Wildman–Crippen LogP) is 3.90. The van der Waals surface area contributed by atoms with Gasteiger partial charge in [0.1, 0.15) is 18.6 Å². The van der Waals surface area contributed by atoms with E-state index in [0.29, 0.717) is 12.8 Å². The molecule has 7 atom stereocenters. The van der Waals surface area contributed by atoms with E-state index in [1.165, 1.54) is 5.56 Å². The van der Waals surface area contributed by atoms with Crippen molar-refractivity contribution in [2.45, 2.75) is 83.7 Å². The minimum atomic E-state index is -0.780. The van der Waals surface area contributed by atoms with Crippen molar-refractivity contribution in [3.05, 3.63) is 71.8 Å². The molecule has 2 fully saturated rings. The molecule has 220 valence electrons. The first-order valence-corrected chi connectivity index (χ1v) is 14.6. The fourth-order valence-corrected chi connectivity index (χ4v) is 5.21. The molecule has 3 N–H and O–H groups in total. The summed E-state index contributed by atoms with van der Waals surface area (Å²) in [5.41, 5.74) is 2.03. The number of esters is 1. The van der Waals surface area contributed by atoms with Gasteiger partial charge in [0.2, 0.25) is 5.91 Å². The van der Waals surface area contributed by atoms with Gasteiger partial charge in [0.25, 0.3) is 5.91 Å². The molecule has 2 aromatic carbocycles. The van der Waals surface area contributed by atoms with Crippen LogP contribution in [0.2, 0.25) is 0 Å². The van der Waals surface area contributed by atoms with Gasteiger partial charge in [0, 0.05) is 12.1 Å². The van der Waals surface area contributed by atoms with Gasteiger partial charge in [-0.1, -0.05) is 80.9 Å². The molecule has 1 heterocycles. The zero-order chi connectivity index (χ0) is 29.4. The SMILES string of the molecule is CCC(C)[C@@H]1C(=O)O[C@H]1C(=O)N[C@H]1C[C@H]1C[C@@H](CCc1ccccc1)NC(=O)[C@H](C)NC(=O)OCc1ccccc1. The van der Waals surface area contributed by atoms with Crippen molar-refractivity contribution in [2.75, 3.05) is 0 Å². The third-order valence-corrected chi connectivity index (χ3v) is 8.11. The largest absolute Gasteiger partial charge is 0.451 e. The van der Waals surface area contributed by atoms with E-state index in [4.69, 9.17) is 9.47 Å². The molecule has 1 unspecified atom stereocenters. The molecule has 0 aromatic heterocycles. The predicted molar refractivity (Wildman–Crippen MR) is 153 cm³/mol. The summed E-state index contributed by atoms with van der Waals surface area (Å²) in [6.07, 6.45) is 2.41. The number of hydrogen-bond donors (Lipinski definition) is 3. The van der Waals surface area contributed by atoms with Gasteiger partial charge in [-0.15, -0.1) is 0 Å². The maximum absolute atomic E-state index is 13.0. The van der Waals surface area contributed by atoms with Crippen LogP contribution in [-0.2, 0) is 36.9 Å². The number of carbonyl (C=O) groups is 4. The number of hydrogen-bond acceptors (Lipinski definition) is 6. The van der Waals surface area contributed by atoms with Gasteiger partial charge in [0.05, 0.1) is 0 Å². The smallest absolute Gasteiger partial charge is 0.408 e. The third kappa shape index (κ3) is 8.55. The second kappa shape index (κ2) is 14.1. The Morgan fingerprint density at radius 2 is 1.63 bits per heavy atom. The molecule has 1 saturated heterocycles. The minimum absolute atomic E-state index is 0.0148. The van der Waals surface area contributed by atoms with Gasteiger partial charge in [0.15, 0.2) is 6.10 Å². The van der Waals surface area contributed by atoms with Crippen molar-refractivity contribution in [3.63, 3.8) is 0 Å². The molecule has 1 aliphatic heterocycles. The monoisotopic (exact) mass is 563 g/mol. The fourth-order valence-electron chi connectivity index (χ4n) is 5.21. The van der Waals surface area contributed by atoms with E-state index in [-0.39, 0.29) is 54.2 Å². The number of alkyl carbamates (subject to hydrolysis) is 1. The standard InChI is InChI=1S/C32H41N3O6/c1-4-20(2)27-28(41-31(27)38)30(37)35-26-18-24(26)17-25(16-15-22-11-7-5-8-12-22)34-29(36)21(3)33-32(39)40-19-23-13-9-6-10-14-23/h5-14,20-21,24-28H,4,15-19H2,1-3H3,(H,33,39)(H,34,36)(H,35,37)/t20?,21-,24+,25+,26-,27-,28+/m0/s1. The van der Waals surface area contributed by atoms with E-state index in [9.17, 15) is 19.2 Å². The Balaban J connectivity index is 1.27. The highest BCUT2D eigenvalue weighted by Gasteiger charge is 2.51. The maximum atomic E-state index is 13.0. The summed E-state index contributed by atoms with van der Waals surface area (Å²) in [6.45, 7) is 5.70. The first-order valence-electron chi connectivity index (χ1n) is 14.6. The molecule has 4 rings (SSSR count). The molecule has 0 radical (unpaired) electrons. The van der Waals surface area contributed by atoms with Crippen molar-refractivity contribution in [3.8, 4) is 0 Å². The van der Waals surface area contributed by atoms with E-state index < -0.39 is 18.2 Å². The van der Waals surface area contributed by atoms with Crippen molar-refractivity contribution in [1.82, 2.24) is 16.0 Å². The lowest BCUT2D eigenvalue weighted by Crippen LogP contribution is -2.56. The zero-order valence-electron chi connectivity index (χ0n) is 24.0. The number of aryl methyl sites for hydroxylation is 1. The number of ether oxygens (including phenoxy) is 2. The van der Waals surface area contributed by atoms with E-state index >= 15 is 0 Å². The van der Waals surface area contributed by atoms with Crippen molar-refractivity contribution in [1.29, 1.82) is 0 Å². The minimum Gasteiger partial charge on any atom is -0.451 e. The molecule has 9 heteroatoms. The van der Waals surface area contributed by atoms with Gasteiger partial charge in [-0.25, -0.2) is 4.79 Å². The summed E-state index contributed by atoms with van der Waals surface area (Å²) in [4.78, 5) is 50.0. The van der Waals surface area contributed by atoms with Gasteiger partial charge < -0.3 is 25.4 Å². The molecular weight excluding hydrogens is 522 g/mol. The summed E-state index contributed by atoms with van der Waals surface area (Å²) < 4.78 is 10.4. The number of benzene rings is 2. The summed E-state index contributed by atoms with van der Waals surface area (Å²) in [5, 5.41) is 8.75. The van der Waals surface area contributed by atoms with Crippen molar-refractivity contribution < 1.29 is 28.7 Å². The van der Waals surface area contributed by atoms with Crippen LogP contribution >= 0.6 is 0 Å². The topological polar surface area (TPSA) is 123 Å². The van der Waals surface area contributed by atoms with Gasteiger partial charge in [-0.3, -0.25) is 14.4 Å². The lowest BCUT2D eigenvalue weighted by atomic mass is 9.83. The maximum Gasteiger partial charge on any atom is 0.408 e. The van der Waals surface area contributed by atoms with Crippen LogP contribution in [0.25, 0.3) is 0 Å². The highest BCUT2D eigenvalue weighted by Crippen LogP contribution is 2.37. The number of nitrogens with one attached hydrogen (secondary N) is 3. The first-order chi connectivity index (χ1) is 19.7. The van der Waals surface area contributed by atoms with Crippen LogP contribution in [0, 0.1) is 17.8 Å². The highest BCUT2D eigenvalue weighted by atomic mass is 16.6. The average molecular weight is 564 g/mol. The second-order valence-electron chi connectivity index (χ2n) is 11.3.